The SMILES string of the molecule is CCCCCNC(=O)NCCCCCCN1C(=O)CC(C)C1=O. The van der Waals surface area contributed by atoms with Gasteiger partial charge in [-0.15, -0.1) is 0 Å². The number of amides is 4. The maximum absolute atomic E-state index is 11.7. The fraction of sp³-hybridized carbons (Fsp3) is 0.824. The maximum atomic E-state index is 11.7. The molecule has 4 amide bonds. The second-order valence-corrected chi connectivity index (χ2v) is 6.29. The topological polar surface area (TPSA) is 78.5 Å². The Bertz CT molecular complexity index is 399. The molecule has 1 saturated heterocycles. The molecule has 0 radical (unpaired) electrons. The third kappa shape index (κ3) is 7.48. The molecule has 132 valence electrons. The van der Waals surface area contributed by atoms with Gasteiger partial charge in [0.15, 0.2) is 0 Å². The van der Waals surface area contributed by atoms with Crippen molar-refractivity contribution < 1.29 is 14.4 Å². The quantitative estimate of drug-likeness (QED) is 0.452. The Morgan fingerprint density at radius 1 is 1.04 bits per heavy atom. The zero-order valence-electron chi connectivity index (χ0n) is 14.5. The van der Waals surface area contributed by atoms with E-state index in [1.54, 1.807) is 6.92 Å². The van der Waals surface area contributed by atoms with Gasteiger partial charge in [0, 0.05) is 32.0 Å². The van der Waals surface area contributed by atoms with Crippen LogP contribution in [-0.2, 0) is 9.59 Å². The normalized spacial score (nSPS) is 17.7. The Hall–Kier alpha value is -1.59. The van der Waals surface area contributed by atoms with E-state index in [9.17, 15) is 14.4 Å². The molecule has 0 bridgehead atoms. The molecule has 6 heteroatoms. The zero-order chi connectivity index (χ0) is 17.1. The predicted octanol–water partition coefficient (Wildman–Crippen LogP) is 2.43. The lowest BCUT2D eigenvalue weighted by Crippen LogP contribution is -2.36. The monoisotopic (exact) mass is 325 g/mol. The zero-order valence-corrected chi connectivity index (χ0v) is 14.5. The van der Waals surface area contributed by atoms with Gasteiger partial charge in [0.05, 0.1) is 0 Å². The number of imide groups is 1. The number of carbonyl (C=O) groups excluding carboxylic acids is 3. The lowest BCUT2D eigenvalue weighted by Gasteiger charge is -2.13. The molecule has 0 aromatic carbocycles. The minimum Gasteiger partial charge on any atom is -0.338 e. The summed E-state index contributed by atoms with van der Waals surface area (Å²) < 4.78 is 0. The van der Waals surface area contributed by atoms with E-state index >= 15 is 0 Å². The third-order valence-corrected chi connectivity index (χ3v) is 4.13. The molecule has 1 atom stereocenters. The summed E-state index contributed by atoms with van der Waals surface area (Å²) in [7, 11) is 0. The number of nitrogens with one attached hydrogen (secondary N) is 2. The lowest BCUT2D eigenvalue weighted by molar-refractivity contribution is -0.139. The first-order chi connectivity index (χ1) is 11.1. The summed E-state index contributed by atoms with van der Waals surface area (Å²) in [6, 6.07) is -0.0941. The smallest absolute Gasteiger partial charge is 0.314 e. The Balaban J connectivity index is 1.94. The summed E-state index contributed by atoms with van der Waals surface area (Å²) in [5, 5.41) is 5.68. The lowest BCUT2D eigenvalue weighted by atomic mass is 10.1. The predicted molar refractivity (Wildman–Crippen MR) is 89.9 cm³/mol. The van der Waals surface area contributed by atoms with Crippen molar-refractivity contribution in [1.29, 1.82) is 0 Å². The van der Waals surface area contributed by atoms with E-state index in [-0.39, 0.29) is 23.8 Å². The molecule has 2 N–H and O–H groups in total. The van der Waals surface area contributed by atoms with Crippen molar-refractivity contribution in [2.45, 2.75) is 65.2 Å². The second-order valence-electron chi connectivity index (χ2n) is 6.29. The van der Waals surface area contributed by atoms with Crippen molar-refractivity contribution in [2.75, 3.05) is 19.6 Å². The van der Waals surface area contributed by atoms with E-state index in [0.717, 1.165) is 51.5 Å². The fourth-order valence-electron chi connectivity index (χ4n) is 2.67. The van der Waals surface area contributed by atoms with Crippen LogP contribution < -0.4 is 10.6 Å². The molecule has 1 aliphatic heterocycles. The van der Waals surface area contributed by atoms with Crippen molar-refractivity contribution in [3.8, 4) is 0 Å². The molecule has 1 heterocycles. The minimum absolute atomic E-state index is 0.0311. The molecule has 1 fully saturated rings. The van der Waals surface area contributed by atoms with Gasteiger partial charge in [-0.1, -0.05) is 39.5 Å². The average molecular weight is 325 g/mol. The highest BCUT2D eigenvalue weighted by atomic mass is 16.2. The molecule has 0 spiro atoms. The highest BCUT2D eigenvalue weighted by Crippen LogP contribution is 2.19. The van der Waals surface area contributed by atoms with Gasteiger partial charge >= 0.3 is 6.03 Å². The average Bonchev–Trinajstić information content (AvgIpc) is 2.76. The van der Waals surface area contributed by atoms with Crippen molar-refractivity contribution >= 4 is 17.8 Å². The first-order valence-electron chi connectivity index (χ1n) is 8.92. The van der Waals surface area contributed by atoms with Gasteiger partial charge in [-0.05, 0) is 19.3 Å². The van der Waals surface area contributed by atoms with Gasteiger partial charge < -0.3 is 10.6 Å². The molecule has 1 aliphatic rings. The molecule has 6 nitrogen and oxygen atoms in total. The van der Waals surface area contributed by atoms with Crippen LogP contribution in [0.15, 0.2) is 0 Å². The molecule has 23 heavy (non-hydrogen) atoms. The number of urea groups is 1. The van der Waals surface area contributed by atoms with Crippen LogP contribution in [0.5, 0.6) is 0 Å². The molecular weight excluding hydrogens is 294 g/mol. The molecule has 0 saturated carbocycles. The summed E-state index contributed by atoms with van der Waals surface area (Å²) in [5.74, 6) is -0.220. The van der Waals surface area contributed by atoms with Gasteiger partial charge in [-0.2, -0.15) is 0 Å². The summed E-state index contributed by atoms with van der Waals surface area (Å²) in [4.78, 5) is 36.2. The van der Waals surface area contributed by atoms with Crippen LogP contribution in [0.4, 0.5) is 4.79 Å². The van der Waals surface area contributed by atoms with Crippen LogP contribution >= 0.6 is 0 Å². The van der Waals surface area contributed by atoms with Crippen molar-refractivity contribution in [3.05, 3.63) is 0 Å². The molecular formula is C17H31N3O3. The van der Waals surface area contributed by atoms with E-state index in [1.807, 2.05) is 0 Å². The minimum atomic E-state index is -0.150. The Kier molecular flexibility index (Phi) is 9.33. The van der Waals surface area contributed by atoms with Crippen LogP contribution in [0, 0.1) is 5.92 Å². The number of hydrogen-bond acceptors (Lipinski definition) is 3. The largest absolute Gasteiger partial charge is 0.338 e. The molecule has 0 aliphatic carbocycles. The first-order valence-corrected chi connectivity index (χ1v) is 8.92. The van der Waals surface area contributed by atoms with Gasteiger partial charge in [0.2, 0.25) is 11.8 Å². The van der Waals surface area contributed by atoms with E-state index in [2.05, 4.69) is 17.6 Å². The fourth-order valence-corrected chi connectivity index (χ4v) is 2.67. The van der Waals surface area contributed by atoms with Gasteiger partial charge in [-0.3, -0.25) is 14.5 Å². The maximum Gasteiger partial charge on any atom is 0.314 e. The number of likely N-dealkylation sites (tertiary alicyclic amines) is 1. The second kappa shape index (κ2) is 11.0. The van der Waals surface area contributed by atoms with Crippen molar-refractivity contribution in [1.82, 2.24) is 15.5 Å². The summed E-state index contributed by atoms with van der Waals surface area (Å²) in [5.41, 5.74) is 0. The number of rotatable bonds is 11. The van der Waals surface area contributed by atoms with Crippen LogP contribution in [0.1, 0.15) is 65.2 Å². The van der Waals surface area contributed by atoms with Crippen LogP contribution in [-0.4, -0.2) is 42.4 Å². The van der Waals surface area contributed by atoms with E-state index in [4.69, 9.17) is 0 Å². The van der Waals surface area contributed by atoms with Crippen molar-refractivity contribution in [3.63, 3.8) is 0 Å². The number of nitrogens with zero attached hydrogens (tertiary/aromatic N) is 1. The Morgan fingerprint density at radius 2 is 1.65 bits per heavy atom. The standard InChI is InChI=1S/C17H31N3O3/c1-3-4-7-10-18-17(23)19-11-8-5-6-9-12-20-15(21)13-14(2)16(20)22/h14H,3-13H2,1-2H3,(H2,18,19,23). The van der Waals surface area contributed by atoms with Crippen molar-refractivity contribution in [2.24, 2.45) is 5.92 Å². The third-order valence-electron chi connectivity index (χ3n) is 4.13. The van der Waals surface area contributed by atoms with Crippen LogP contribution in [0.25, 0.3) is 0 Å². The van der Waals surface area contributed by atoms with E-state index < -0.39 is 0 Å². The van der Waals surface area contributed by atoms with Gasteiger partial charge in [0.25, 0.3) is 0 Å². The summed E-state index contributed by atoms with van der Waals surface area (Å²) in [6.45, 7) is 5.87. The number of hydrogen-bond donors (Lipinski definition) is 2. The molecule has 0 aromatic heterocycles. The molecule has 1 rings (SSSR count). The summed E-state index contributed by atoms with van der Waals surface area (Å²) in [6.07, 6.45) is 7.38. The van der Waals surface area contributed by atoms with E-state index in [0.29, 0.717) is 19.5 Å². The van der Waals surface area contributed by atoms with Gasteiger partial charge in [-0.25, -0.2) is 4.79 Å². The summed E-state index contributed by atoms with van der Waals surface area (Å²) >= 11 is 0. The number of carbonyl (C=O) groups is 3. The Labute approximate surface area is 139 Å². The molecule has 1 unspecified atom stereocenters. The number of unbranched alkanes of at least 4 members (excludes halogenated alkanes) is 5. The van der Waals surface area contributed by atoms with E-state index in [1.165, 1.54) is 4.90 Å². The Morgan fingerprint density at radius 3 is 2.22 bits per heavy atom. The van der Waals surface area contributed by atoms with Crippen LogP contribution in [0.3, 0.4) is 0 Å². The first kappa shape index (κ1) is 19.5. The highest BCUT2D eigenvalue weighted by Gasteiger charge is 2.34. The van der Waals surface area contributed by atoms with Crippen LogP contribution in [0.2, 0.25) is 0 Å². The molecule has 0 aromatic rings. The highest BCUT2D eigenvalue weighted by molar-refractivity contribution is 6.03. The van der Waals surface area contributed by atoms with Gasteiger partial charge in [0.1, 0.15) is 0 Å².